The summed E-state index contributed by atoms with van der Waals surface area (Å²) in [5.41, 5.74) is 1.07. The molecular weight excluding hydrogens is 402 g/mol. The van der Waals surface area contributed by atoms with Crippen LogP contribution in [0.2, 0.25) is 0 Å². The number of fused-ring (bicyclic) bond motifs is 1. The van der Waals surface area contributed by atoms with Crippen molar-refractivity contribution in [3.63, 3.8) is 0 Å². The number of carbonyl (C=O) groups excluding carboxylic acids is 2. The number of carbonyl (C=O) groups is 2. The predicted molar refractivity (Wildman–Crippen MR) is 124 cm³/mol. The molecule has 1 aromatic carbocycles. The van der Waals surface area contributed by atoms with Crippen molar-refractivity contribution >= 4 is 11.8 Å². The first-order chi connectivity index (χ1) is 15.1. The summed E-state index contributed by atoms with van der Waals surface area (Å²) < 4.78 is 0. The number of aliphatic hydroxyl groups excluding tert-OH is 1. The Hall–Kier alpha value is -2.39. The third-order valence-corrected chi connectivity index (χ3v) is 7.97. The summed E-state index contributed by atoms with van der Waals surface area (Å²) >= 11 is 0. The molecule has 2 aliphatic rings. The minimum absolute atomic E-state index is 0.00165. The second kappa shape index (κ2) is 9.62. The van der Waals surface area contributed by atoms with Crippen molar-refractivity contribution in [3.8, 4) is 6.07 Å². The van der Waals surface area contributed by atoms with E-state index in [1.807, 2.05) is 20.8 Å². The van der Waals surface area contributed by atoms with Crippen LogP contribution in [-0.4, -0.2) is 35.1 Å². The number of nitrogens with one attached hydrogen (secondary N) is 2. The fourth-order valence-corrected chi connectivity index (χ4v) is 6.06. The molecule has 2 saturated carbocycles. The van der Waals surface area contributed by atoms with Gasteiger partial charge in [0.2, 0.25) is 5.91 Å². The van der Waals surface area contributed by atoms with Crippen molar-refractivity contribution in [1.82, 2.24) is 10.6 Å². The van der Waals surface area contributed by atoms with Crippen LogP contribution in [0.25, 0.3) is 0 Å². The van der Waals surface area contributed by atoms with Crippen LogP contribution in [0.1, 0.15) is 76.2 Å². The zero-order valence-electron chi connectivity index (χ0n) is 19.9. The monoisotopic (exact) mass is 439 g/mol. The number of aliphatic hydroxyl groups is 1. The average Bonchev–Trinajstić information content (AvgIpc) is 2.75. The highest BCUT2D eigenvalue weighted by atomic mass is 16.3. The van der Waals surface area contributed by atoms with Crippen LogP contribution in [0, 0.1) is 40.4 Å². The van der Waals surface area contributed by atoms with Crippen LogP contribution < -0.4 is 10.6 Å². The second-order valence-electron chi connectivity index (χ2n) is 10.5. The van der Waals surface area contributed by atoms with E-state index in [1.165, 1.54) is 0 Å². The minimum Gasteiger partial charge on any atom is -0.392 e. The summed E-state index contributed by atoms with van der Waals surface area (Å²) in [5.74, 6) is -0.368. The molecule has 174 valence electrons. The summed E-state index contributed by atoms with van der Waals surface area (Å²) in [6.07, 6.45) is 3.06. The van der Waals surface area contributed by atoms with Gasteiger partial charge in [0.1, 0.15) is 0 Å². The lowest BCUT2D eigenvalue weighted by molar-refractivity contribution is -0.142. The molecule has 0 radical (unpaired) electrons. The summed E-state index contributed by atoms with van der Waals surface area (Å²) in [5, 5.41) is 26.6. The van der Waals surface area contributed by atoms with Crippen LogP contribution in [0.15, 0.2) is 24.3 Å². The molecule has 7 atom stereocenters. The number of rotatable bonds is 5. The number of nitriles is 1. The van der Waals surface area contributed by atoms with Crippen molar-refractivity contribution < 1.29 is 14.7 Å². The lowest BCUT2D eigenvalue weighted by Gasteiger charge is -2.56. The van der Waals surface area contributed by atoms with E-state index in [9.17, 15) is 14.7 Å². The summed E-state index contributed by atoms with van der Waals surface area (Å²) in [6, 6.07) is 8.74. The Morgan fingerprint density at radius 1 is 1.16 bits per heavy atom. The number of benzene rings is 1. The summed E-state index contributed by atoms with van der Waals surface area (Å²) in [6.45, 7) is 10.2. The molecule has 3 rings (SSSR count). The van der Waals surface area contributed by atoms with E-state index in [4.69, 9.17) is 5.26 Å². The van der Waals surface area contributed by atoms with Gasteiger partial charge in [-0.05, 0) is 87.0 Å². The number of hydrogen-bond donors (Lipinski definition) is 3. The molecule has 2 amide bonds. The molecular formula is C26H37N3O3. The molecule has 0 bridgehead atoms. The van der Waals surface area contributed by atoms with Crippen LogP contribution in [0.4, 0.5) is 0 Å². The topological polar surface area (TPSA) is 102 Å². The fourth-order valence-electron chi connectivity index (χ4n) is 6.06. The second-order valence-corrected chi connectivity index (χ2v) is 10.5. The standard InChI is InChI=1S/C26H37N3O3/c1-15(2)28-24(31)16(3)20-10-12-26(5)13-11-21(17(4)22(26)23(20)30)29-25(32)19-8-6-18(14-27)7-9-19/h6-9,15-17,20-23,30H,10-13H2,1-5H3,(H,28,31)(H,29,32)/t16-,17+,20?,21-,22+,23-,26-/m0/s1. The first-order valence-corrected chi connectivity index (χ1v) is 11.9. The highest BCUT2D eigenvalue weighted by Crippen LogP contribution is 2.55. The van der Waals surface area contributed by atoms with Crippen LogP contribution in [0.3, 0.4) is 0 Å². The van der Waals surface area contributed by atoms with Gasteiger partial charge in [-0.25, -0.2) is 0 Å². The molecule has 0 heterocycles. The molecule has 1 aromatic rings. The lowest BCUT2D eigenvalue weighted by atomic mass is 9.51. The molecule has 0 saturated heterocycles. The van der Waals surface area contributed by atoms with Crippen molar-refractivity contribution in [2.24, 2.45) is 29.1 Å². The van der Waals surface area contributed by atoms with Gasteiger partial charge >= 0.3 is 0 Å². The Bertz CT molecular complexity index is 875. The molecule has 2 fully saturated rings. The van der Waals surface area contributed by atoms with Crippen molar-refractivity contribution in [1.29, 1.82) is 5.26 Å². The van der Waals surface area contributed by atoms with E-state index >= 15 is 0 Å². The number of nitrogens with zero attached hydrogens (tertiary/aromatic N) is 1. The third kappa shape index (κ3) is 4.83. The maximum atomic E-state index is 12.8. The maximum absolute atomic E-state index is 12.8. The quantitative estimate of drug-likeness (QED) is 0.652. The number of amides is 2. The van der Waals surface area contributed by atoms with Gasteiger partial charge in [-0.1, -0.05) is 20.8 Å². The molecule has 1 unspecified atom stereocenters. The number of hydrogen-bond acceptors (Lipinski definition) is 4. The Kier molecular flexibility index (Phi) is 7.29. The van der Waals surface area contributed by atoms with E-state index in [0.29, 0.717) is 11.1 Å². The van der Waals surface area contributed by atoms with Crippen molar-refractivity contribution in [2.45, 2.75) is 78.5 Å². The SMILES string of the molecule is CC(C)NC(=O)[C@@H](C)C1CC[C@@]2(C)CC[C@H](NC(=O)c3ccc(C#N)cc3)[C@@H](C)[C@@H]2[C@H]1O. The molecule has 2 aliphatic carbocycles. The van der Waals surface area contributed by atoms with Crippen LogP contribution in [0.5, 0.6) is 0 Å². The van der Waals surface area contributed by atoms with Gasteiger partial charge < -0.3 is 15.7 Å². The highest BCUT2D eigenvalue weighted by molar-refractivity contribution is 5.94. The molecule has 32 heavy (non-hydrogen) atoms. The fraction of sp³-hybridized carbons (Fsp3) is 0.654. The van der Waals surface area contributed by atoms with Gasteiger partial charge in [-0.3, -0.25) is 9.59 Å². The first-order valence-electron chi connectivity index (χ1n) is 11.9. The van der Waals surface area contributed by atoms with Crippen LogP contribution in [-0.2, 0) is 4.79 Å². The lowest BCUT2D eigenvalue weighted by Crippen LogP contribution is -2.58. The Morgan fingerprint density at radius 2 is 1.78 bits per heavy atom. The Morgan fingerprint density at radius 3 is 2.38 bits per heavy atom. The zero-order valence-corrected chi connectivity index (χ0v) is 19.9. The van der Waals surface area contributed by atoms with Gasteiger partial charge in [-0.2, -0.15) is 5.26 Å². The van der Waals surface area contributed by atoms with E-state index < -0.39 is 6.10 Å². The molecule has 0 aromatic heterocycles. The van der Waals surface area contributed by atoms with E-state index in [2.05, 4.69) is 30.6 Å². The molecule has 3 N–H and O–H groups in total. The first kappa shape index (κ1) is 24.3. The van der Waals surface area contributed by atoms with Gasteiger partial charge in [0.05, 0.1) is 17.7 Å². The van der Waals surface area contributed by atoms with E-state index in [0.717, 1.165) is 25.7 Å². The Labute approximate surface area is 191 Å². The van der Waals surface area contributed by atoms with E-state index in [1.54, 1.807) is 24.3 Å². The normalized spacial score (nSPS) is 33.0. The Balaban J connectivity index is 1.73. The van der Waals surface area contributed by atoms with Crippen LogP contribution >= 0.6 is 0 Å². The molecule has 0 spiro atoms. The smallest absolute Gasteiger partial charge is 0.251 e. The highest BCUT2D eigenvalue weighted by Gasteiger charge is 2.53. The van der Waals surface area contributed by atoms with Gasteiger partial charge in [0.25, 0.3) is 5.91 Å². The van der Waals surface area contributed by atoms with Crippen molar-refractivity contribution in [3.05, 3.63) is 35.4 Å². The van der Waals surface area contributed by atoms with Gasteiger partial charge in [0, 0.05) is 23.6 Å². The summed E-state index contributed by atoms with van der Waals surface area (Å²) in [7, 11) is 0. The van der Waals surface area contributed by atoms with E-state index in [-0.39, 0.29) is 53.0 Å². The average molecular weight is 440 g/mol. The predicted octanol–water partition coefficient (Wildman–Crippen LogP) is 3.64. The molecule has 6 nitrogen and oxygen atoms in total. The largest absolute Gasteiger partial charge is 0.392 e. The molecule has 0 aliphatic heterocycles. The maximum Gasteiger partial charge on any atom is 0.251 e. The summed E-state index contributed by atoms with van der Waals surface area (Å²) in [4.78, 5) is 25.5. The third-order valence-electron chi connectivity index (χ3n) is 7.97. The van der Waals surface area contributed by atoms with Gasteiger partial charge in [0.15, 0.2) is 0 Å². The van der Waals surface area contributed by atoms with Crippen molar-refractivity contribution in [2.75, 3.05) is 0 Å². The molecule has 6 heteroatoms. The zero-order chi connectivity index (χ0) is 23.6. The van der Waals surface area contributed by atoms with Gasteiger partial charge in [-0.15, -0.1) is 0 Å². The minimum atomic E-state index is -0.578.